The first-order chi connectivity index (χ1) is 19.1. The van der Waals surface area contributed by atoms with Crippen LogP contribution in [-0.4, -0.2) is 72.4 Å². The number of alkyl halides is 3. The lowest BCUT2D eigenvalue weighted by atomic mass is 9.67. The van der Waals surface area contributed by atoms with Gasteiger partial charge in [-0.3, -0.25) is 4.79 Å². The summed E-state index contributed by atoms with van der Waals surface area (Å²) < 4.78 is 76.1. The number of halogens is 5. The maximum atomic E-state index is 15.0. The number of hydrogen-bond acceptors (Lipinski definition) is 4. The number of benzene rings is 2. The van der Waals surface area contributed by atoms with Gasteiger partial charge >= 0.3 is 6.18 Å². The van der Waals surface area contributed by atoms with E-state index < -0.39 is 23.2 Å². The predicted molar refractivity (Wildman–Crippen MR) is 140 cm³/mol. The van der Waals surface area contributed by atoms with Crippen LogP contribution in [0.2, 0.25) is 0 Å². The van der Waals surface area contributed by atoms with Crippen molar-refractivity contribution in [1.82, 2.24) is 9.80 Å². The molecule has 5 nitrogen and oxygen atoms in total. The van der Waals surface area contributed by atoms with Gasteiger partial charge in [-0.1, -0.05) is 18.6 Å². The molecule has 1 N–H and O–H groups in total. The monoisotopic (exact) mass is 566 g/mol. The minimum Gasteiger partial charge on any atom is -0.490 e. The Morgan fingerprint density at radius 1 is 0.975 bits per heavy atom. The van der Waals surface area contributed by atoms with Crippen LogP contribution in [0.1, 0.15) is 55.3 Å². The van der Waals surface area contributed by atoms with Crippen LogP contribution in [-0.2, 0) is 0 Å². The van der Waals surface area contributed by atoms with Crippen molar-refractivity contribution in [3.63, 3.8) is 0 Å². The van der Waals surface area contributed by atoms with E-state index in [0.29, 0.717) is 50.9 Å². The van der Waals surface area contributed by atoms with E-state index in [1.165, 1.54) is 24.3 Å². The summed E-state index contributed by atoms with van der Waals surface area (Å²) in [4.78, 5) is 16.2. The Balaban J connectivity index is 1.15. The van der Waals surface area contributed by atoms with E-state index in [-0.39, 0.29) is 67.3 Å². The highest BCUT2D eigenvalue weighted by Gasteiger charge is 2.58. The molecule has 218 valence electrons. The van der Waals surface area contributed by atoms with Crippen molar-refractivity contribution in [3.05, 3.63) is 53.6 Å². The highest BCUT2D eigenvalue weighted by molar-refractivity contribution is 5.95. The number of piperidine rings is 1. The van der Waals surface area contributed by atoms with Crippen molar-refractivity contribution in [1.29, 1.82) is 0 Å². The van der Waals surface area contributed by atoms with Gasteiger partial charge in [-0.05, 0) is 87.4 Å². The molecule has 3 aliphatic rings. The second kappa shape index (κ2) is 11.6. The summed E-state index contributed by atoms with van der Waals surface area (Å²) in [6, 6.07) is 8.01. The molecular formula is C30H35F5N2O3. The second-order valence-electron chi connectivity index (χ2n) is 11.5. The standard InChI is InChI=1S/C30H35F5N2O3/c31-25-16-22(28(39)37-12-1-3-23(37)17-38)4-6-24(25)21-5-7-27(26(32)15-21)40-18-20-8-13-36(14-9-20)19-29(10-2-11-29)30(33,34)35/h4-7,15-16,20,23,38H,1-3,8-14,17-19H2/t23-/m1/s1. The Kier molecular flexibility index (Phi) is 8.38. The quantitative estimate of drug-likeness (QED) is 0.396. The molecule has 0 aromatic heterocycles. The van der Waals surface area contributed by atoms with Crippen molar-refractivity contribution < 1.29 is 36.6 Å². The van der Waals surface area contributed by atoms with Crippen molar-refractivity contribution in [2.24, 2.45) is 11.3 Å². The third-order valence-corrected chi connectivity index (χ3v) is 8.93. The number of carbonyl (C=O) groups is 1. The van der Waals surface area contributed by atoms with Crippen LogP contribution in [0.5, 0.6) is 5.75 Å². The van der Waals surface area contributed by atoms with Gasteiger partial charge in [-0.2, -0.15) is 13.2 Å². The highest BCUT2D eigenvalue weighted by Crippen LogP contribution is 2.53. The average molecular weight is 567 g/mol. The van der Waals surface area contributed by atoms with Crippen molar-refractivity contribution in [2.75, 3.05) is 39.4 Å². The van der Waals surface area contributed by atoms with E-state index in [4.69, 9.17) is 4.74 Å². The zero-order valence-corrected chi connectivity index (χ0v) is 22.4. The Bertz CT molecular complexity index is 1210. The van der Waals surface area contributed by atoms with Gasteiger partial charge in [0.05, 0.1) is 24.7 Å². The molecule has 0 spiro atoms. The number of aliphatic hydroxyl groups excluding tert-OH is 1. The van der Waals surface area contributed by atoms with Crippen molar-refractivity contribution in [2.45, 2.75) is 57.2 Å². The number of hydrogen-bond donors (Lipinski definition) is 1. The van der Waals surface area contributed by atoms with Crippen LogP contribution in [0, 0.1) is 23.0 Å². The maximum absolute atomic E-state index is 15.0. The van der Waals surface area contributed by atoms with Gasteiger partial charge in [0, 0.05) is 24.2 Å². The van der Waals surface area contributed by atoms with E-state index >= 15 is 0 Å². The molecule has 2 aromatic rings. The van der Waals surface area contributed by atoms with Crippen LogP contribution < -0.4 is 4.74 Å². The summed E-state index contributed by atoms with van der Waals surface area (Å²) in [6.45, 7) is 1.80. The van der Waals surface area contributed by atoms with Gasteiger partial charge < -0.3 is 19.6 Å². The van der Waals surface area contributed by atoms with Gasteiger partial charge in [0.1, 0.15) is 5.82 Å². The Morgan fingerprint density at radius 3 is 2.33 bits per heavy atom. The lowest BCUT2D eigenvalue weighted by Crippen LogP contribution is -2.53. The predicted octanol–water partition coefficient (Wildman–Crippen LogP) is 6.05. The molecule has 2 aromatic carbocycles. The first-order valence-electron chi connectivity index (χ1n) is 14.0. The average Bonchev–Trinajstić information content (AvgIpc) is 3.38. The molecule has 0 unspecified atom stereocenters. The molecule has 1 saturated carbocycles. The maximum Gasteiger partial charge on any atom is 0.395 e. The third kappa shape index (κ3) is 5.84. The summed E-state index contributed by atoms with van der Waals surface area (Å²) in [7, 11) is 0. The Morgan fingerprint density at radius 2 is 1.73 bits per heavy atom. The molecule has 2 heterocycles. The molecule has 0 radical (unpaired) electrons. The minimum absolute atomic E-state index is 0.0351. The molecular weight excluding hydrogens is 531 g/mol. The number of rotatable bonds is 8. The van der Waals surface area contributed by atoms with Crippen LogP contribution in [0.25, 0.3) is 11.1 Å². The fourth-order valence-electron chi connectivity index (χ4n) is 6.21. The Hall–Kier alpha value is -2.72. The fraction of sp³-hybridized carbons (Fsp3) is 0.567. The van der Waals surface area contributed by atoms with Crippen molar-refractivity contribution >= 4 is 5.91 Å². The fourth-order valence-corrected chi connectivity index (χ4v) is 6.21. The lowest BCUT2D eigenvalue weighted by Gasteiger charge is -2.47. The highest BCUT2D eigenvalue weighted by atomic mass is 19.4. The summed E-state index contributed by atoms with van der Waals surface area (Å²) in [5.74, 6) is -1.49. The summed E-state index contributed by atoms with van der Waals surface area (Å²) >= 11 is 0. The Labute approximate surface area is 230 Å². The first kappa shape index (κ1) is 28.8. The van der Waals surface area contributed by atoms with E-state index in [2.05, 4.69) is 0 Å². The number of aliphatic hydroxyl groups is 1. The number of ether oxygens (including phenoxy) is 1. The zero-order chi connectivity index (χ0) is 28.5. The van der Waals surface area contributed by atoms with Gasteiger partial charge in [0.2, 0.25) is 0 Å². The van der Waals surface area contributed by atoms with Crippen LogP contribution in [0.15, 0.2) is 36.4 Å². The van der Waals surface area contributed by atoms with Crippen LogP contribution in [0.4, 0.5) is 22.0 Å². The van der Waals surface area contributed by atoms with Gasteiger partial charge in [-0.15, -0.1) is 0 Å². The molecule has 1 amide bonds. The lowest BCUT2D eigenvalue weighted by molar-refractivity contribution is -0.256. The molecule has 10 heteroatoms. The largest absolute Gasteiger partial charge is 0.490 e. The van der Waals surface area contributed by atoms with Gasteiger partial charge in [0.15, 0.2) is 11.6 Å². The van der Waals surface area contributed by atoms with E-state index in [0.717, 1.165) is 12.5 Å². The van der Waals surface area contributed by atoms with Gasteiger partial charge in [0.25, 0.3) is 5.91 Å². The summed E-state index contributed by atoms with van der Waals surface area (Å²) in [5.41, 5.74) is -0.932. The molecule has 0 bridgehead atoms. The number of carbonyl (C=O) groups excluding carboxylic acids is 1. The minimum atomic E-state index is -4.17. The van der Waals surface area contributed by atoms with Crippen molar-refractivity contribution in [3.8, 4) is 16.9 Å². The van der Waals surface area contributed by atoms with Crippen LogP contribution >= 0.6 is 0 Å². The van der Waals surface area contributed by atoms with E-state index in [1.54, 1.807) is 11.0 Å². The topological polar surface area (TPSA) is 53.0 Å². The molecule has 2 aliphatic heterocycles. The third-order valence-electron chi connectivity index (χ3n) is 8.93. The van der Waals surface area contributed by atoms with E-state index in [9.17, 15) is 31.9 Å². The molecule has 40 heavy (non-hydrogen) atoms. The zero-order valence-electron chi connectivity index (χ0n) is 22.4. The first-order valence-corrected chi connectivity index (χ1v) is 14.0. The van der Waals surface area contributed by atoms with Crippen LogP contribution in [0.3, 0.4) is 0 Å². The smallest absolute Gasteiger partial charge is 0.395 e. The van der Waals surface area contributed by atoms with Gasteiger partial charge in [-0.25, -0.2) is 8.78 Å². The SMILES string of the molecule is O=C(c1ccc(-c2ccc(OCC3CCN(CC4(C(F)(F)F)CCC4)CC3)c(F)c2)c(F)c1)N1CCC[C@@H]1CO. The number of nitrogens with zero attached hydrogens (tertiary/aromatic N) is 2. The summed E-state index contributed by atoms with van der Waals surface area (Å²) in [5, 5.41) is 9.47. The van der Waals surface area contributed by atoms with E-state index in [1.807, 2.05) is 4.90 Å². The normalized spacial score (nSPS) is 21.9. The number of likely N-dealkylation sites (tertiary alicyclic amines) is 2. The molecule has 1 aliphatic carbocycles. The second-order valence-corrected chi connectivity index (χ2v) is 11.5. The molecule has 3 fully saturated rings. The number of amides is 1. The molecule has 2 saturated heterocycles. The summed E-state index contributed by atoms with van der Waals surface area (Å²) in [6.07, 6.45) is -0.299. The molecule has 1 atom stereocenters. The molecule has 5 rings (SSSR count).